The summed E-state index contributed by atoms with van der Waals surface area (Å²) in [5.74, 6) is 2.27. The van der Waals surface area contributed by atoms with Crippen LogP contribution in [0.2, 0.25) is 12.1 Å². The summed E-state index contributed by atoms with van der Waals surface area (Å²) in [6.07, 6.45) is 1.36. The molecule has 0 heterocycles. The monoisotopic (exact) mass is 388 g/mol. The Morgan fingerprint density at radius 1 is 0.667 bits per heavy atom. The van der Waals surface area contributed by atoms with E-state index in [1.165, 1.54) is 0 Å². The predicted molar refractivity (Wildman–Crippen MR) is 113 cm³/mol. The van der Waals surface area contributed by atoms with Crippen molar-refractivity contribution in [2.45, 2.75) is 53.6 Å². The van der Waals surface area contributed by atoms with Gasteiger partial charge in [-0.3, -0.25) is 0 Å². The van der Waals surface area contributed by atoms with Crippen molar-refractivity contribution in [3.63, 3.8) is 0 Å². The molecule has 0 bridgehead atoms. The Bertz CT molecular complexity index is 687. The number of hydrogen-bond acceptors (Lipinski definition) is 4. The third-order valence-corrected chi connectivity index (χ3v) is 10.0. The lowest BCUT2D eigenvalue weighted by Crippen LogP contribution is -2.46. The van der Waals surface area contributed by atoms with Crippen LogP contribution < -0.4 is 9.47 Å². The second-order valence-electron chi connectivity index (χ2n) is 7.60. The average Bonchev–Trinajstić information content (AvgIpc) is 2.64. The van der Waals surface area contributed by atoms with Gasteiger partial charge in [0, 0.05) is 0 Å². The van der Waals surface area contributed by atoms with Crippen molar-refractivity contribution in [2.24, 2.45) is 0 Å². The summed E-state index contributed by atoms with van der Waals surface area (Å²) < 4.78 is 12.3. The van der Waals surface area contributed by atoms with Gasteiger partial charge in [0.1, 0.15) is 31.1 Å². The van der Waals surface area contributed by atoms with Crippen molar-refractivity contribution < 1.29 is 19.7 Å². The first kappa shape index (κ1) is 21.2. The molecule has 2 rings (SSSR count). The third-order valence-electron chi connectivity index (χ3n) is 5.52. The maximum atomic E-state index is 9.94. The number of aromatic hydroxyl groups is 2. The molecule has 0 amide bonds. The summed E-state index contributed by atoms with van der Waals surface area (Å²) in [5, 5.41) is 19.9. The highest BCUT2D eigenvalue weighted by Gasteiger charge is 2.32. The molecule has 0 saturated heterocycles. The van der Waals surface area contributed by atoms with Gasteiger partial charge in [0.05, 0.1) is 12.5 Å². The lowest BCUT2D eigenvalue weighted by atomic mass is 10.1. The fourth-order valence-electron chi connectivity index (χ4n) is 3.17. The number of ether oxygens (including phenoxy) is 2. The van der Waals surface area contributed by atoms with Crippen LogP contribution in [0.5, 0.6) is 23.0 Å². The normalized spacial score (nSPS) is 11.5. The maximum Gasteiger partial charge on any atom is 0.141 e. The smallest absolute Gasteiger partial charge is 0.141 e. The van der Waals surface area contributed by atoms with Gasteiger partial charge in [-0.15, -0.1) is 0 Å². The van der Waals surface area contributed by atoms with Gasteiger partial charge in [-0.2, -0.15) is 0 Å². The lowest BCUT2D eigenvalue weighted by molar-refractivity contribution is 0.339. The van der Waals surface area contributed by atoms with E-state index in [4.69, 9.17) is 9.47 Å². The summed E-state index contributed by atoms with van der Waals surface area (Å²) in [7, 11) is -1.78. The van der Waals surface area contributed by atoms with Gasteiger partial charge in [-0.25, -0.2) is 0 Å². The molecule has 2 aromatic carbocycles. The van der Waals surface area contributed by atoms with Crippen LogP contribution in [-0.2, 0) is 0 Å². The Labute approximate surface area is 163 Å². The fraction of sp³-hybridized carbons (Fsp3) is 0.455. The number of phenols is 2. The summed E-state index contributed by atoms with van der Waals surface area (Å²) in [5.41, 5.74) is 3.32. The van der Waals surface area contributed by atoms with E-state index in [0.717, 1.165) is 45.8 Å². The second-order valence-corrected chi connectivity index (χ2v) is 12.6. The first-order valence-corrected chi connectivity index (χ1v) is 12.4. The molecule has 0 radical (unpaired) electrons. The fourth-order valence-corrected chi connectivity index (χ4v) is 5.52. The highest BCUT2D eigenvalue weighted by Crippen LogP contribution is 2.30. The predicted octanol–water partition coefficient (Wildman–Crippen LogP) is 5.36. The molecule has 2 N–H and O–H groups in total. The van der Waals surface area contributed by atoms with Gasteiger partial charge in [0.15, 0.2) is 0 Å². The molecule has 0 aliphatic carbocycles. The molecule has 0 unspecified atom stereocenters. The van der Waals surface area contributed by atoms with Crippen LogP contribution in [0.15, 0.2) is 24.3 Å². The SMILES string of the molecule is CC[Si](CC)(COc1cc(C)c(O)c(C)c1)COc1cc(C)c(O)c(C)c1. The Hall–Kier alpha value is -2.14. The van der Waals surface area contributed by atoms with E-state index in [9.17, 15) is 10.2 Å². The zero-order valence-electron chi connectivity index (χ0n) is 17.3. The maximum absolute atomic E-state index is 9.94. The van der Waals surface area contributed by atoms with Crippen molar-refractivity contribution >= 4 is 8.07 Å². The first-order valence-electron chi connectivity index (χ1n) is 9.57. The van der Waals surface area contributed by atoms with Gasteiger partial charge in [-0.05, 0) is 74.2 Å². The molecule has 0 atom stereocenters. The number of phenolic OH excluding ortho intramolecular Hbond substituents is 2. The minimum atomic E-state index is -1.78. The first-order chi connectivity index (χ1) is 12.7. The molecule has 0 saturated carbocycles. The second kappa shape index (κ2) is 8.70. The summed E-state index contributed by atoms with van der Waals surface area (Å²) >= 11 is 0. The zero-order valence-corrected chi connectivity index (χ0v) is 18.3. The third kappa shape index (κ3) is 4.98. The molecule has 0 spiro atoms. The van der Waals surface area contributed by atoms with Crippen molar-refractivity contribution in [3.05, 3.63) is 46.5 Å². The zero-order chi connectivity index (χ0) is 20.2. The number of benzene rings is 2. The van der Waals surface area contributed by atoms with E-state index in [1.54, 1.807) is 0 Å². The van der Waals surface area contributed by atoms with Crippen LogP contribution in [0.1, 0.15) is 36.1 Å². The molecule has 148 valence electrons. The van der Waals surface area contributed by atoms with E-state index in [1.807, 2.05) is 52.0 Å². The van der Waals surface area contributed by atoms with Crippen LogP contribution in [0.25, 0.3) is 0 Å². The quantitative estimate of drug-likeness (QED) is 0.598. The average molecular weight is 389 g/mol. The van der Waals surface area contributed by atoms with Crippen molar-refractivity contribution in [3.8, 4) is 23.0 Å². The Morgan fingerprint density at radius 2 is 0.963 bits per heavy atom. The molecule has 0 fully saturated rings. The molecule has 0 aliphatic heterocycles. The van der Waals surface area contributed by atoms with Crippen LogP contribution in [0, 0.1) is 27.7 Å². The number of hydrogen-bond donors (Lipinski definition) is 2. The summed E-state index contributed by atoms with van der Waals surface area (Å²) in [6.45, 7) is 12.0. The standard InChI is InChI=1S/C22H32O4Si/c1-7-27(8-2,13-25-19-9-15(3)21(23)16(4)10-19)14-26-20-11-17(5)22(24)18(6)12-20/h9-12,23-24H,7-8,13-14H2,1-6H3. The molecule has 2 aromatic rings. The number of rotatable bonds is 8. The highest BCUT2D eigenvalue weighted by atomic mass is 28.3. The number of aryl methyl sites for hydroxylation is 4. The Kier molecular flexibility index (Phi) is 6.82. The van der Waals surface area contributed by atoms with Crippen molar-refractivity contribution in [2.75, 3.05) is 12.5 Å². The van der Waals surface area contributed by atoms with Gasteiger partial charge in [-0.1, -0.05) is 25.9 Å². The minimum Gasteiger partial charge on any atom is -0.507 e. The van der Waals surface area contributed by atoms with Crippen LogP contribution in [-0.4, -0.2) is 30.7 Å². The summed E-state index contributed by atoms with van der Waals surface area (Å²) in [4.78, 5) is 0. The Balaban J connectivity index is 2.11. The van der Waals surface area contributed by atoms with E-state index in [-0.39, 0.29) is 0 Å². The Morgan fingerprint density at radius 3 is 1.22 bits per heavy atom. The van der Waals surface area contributed by atoms with E-state index >= 15 is 0 Å². The van der Waals surface area contributed by atoms with E-state index in [0.29, 0.717) is 24.0 Å². The molecule has 27 heavy (non-hydrogen) atoms. The van der Waals surface area contributed by atoms with Crippen LogP contribution in [0.4, 0.5) is 0 Å². The van der Waals surface area contributed by atoms with E-state index < -0.39 is 8.07 Å². The lowest BCUT2D eigenvalue weighted by Gasteiger charge is -2.29. The van der Waals surface area contributed by atoms with Crippen molar-refractivity contribution in [1.82, 2.24) is 0 Å². The highest BCUT2D eigenvalue weighted by molar-refractivity contribution is 6.79. The van der Waals surface area contributed by atoms with Crippen molar-refractivity contribution in [1.29, 1.82) is 0 Å². The summed E-state index contributed by atoms with van der Waals surface area (Å²) in [6, 6.07) is 9.69. The molecule has 4 nitrogen and oxygen atoms in total. The topological polar surface area (TPSA) is 58.9 Å². The molecule has 0 aromatic heterocycles. The van der Waals surface area contributed by atoms with Crippen LogP contribution in [0.3, 0.4) is 0 Å². The van der Waals surface area contributed by atoms with Crippen LogP contribution >= 0.6 is 0 Å². The minimum absolute atomic E-state index is 0.332. The van der Waals surface area contributed by atoms with Gasteiger partial charge in [0.25, 0.3) is 0 Å². The van der Waals surface area contributed by atoms with Gasteiger partial charge < -0.3 is 19.7 Å². The van der Waals surface area contributed by atoms with E-state index in [2.05, 4.69) is 13.8 Å². The van der Waals surface area contributed by atoms with Gasteiger partial charge >= 0.3 is 0 Å². The molecular weight excluding hydrogens is 356 g/mol. The largest absolute Gasteiger partial charge is 0.507 e. The molecule has 0 aliphatic rings. The molecular formula is C22H32O4Si. The molecule has 5 heteroatoms. The van der Waals surface area contributed by atoms with Gasteiger partial charge in [0.2, 0.25) is 0 Å².